The van der Waals surface area contributed by atoms with Gasteiger partial charge >= 0.3 is 0 Å². The lowest BCUT2D eigenvalue weighted by Gasteiger charge is -2.22. The van der Waals surface area contributed by atoms with Crippen molar-refractivity contribution >= 4 is 29.9 Å². The van der Waals surface area contributed by atoms with Gasteiger partial charge in [0.1, 0.15) is 0 Å². The Morgan fingerprint density at radius 3 is 2.91 bits per heavy atom. The van der Waals surface area contributed by atoms with Gasteiger partial charge in [-0.15, -0.1) is 24.0 Å². The van der Waals surface area contributed by atoms with Crippen LogP contribution in [0.3, 0.4) is 0 Å². The van der Waals surface area contributed by atoms with Gasteiger partial charge in [0.2, 0.25) is 0 Å². The van der Waals surface area contributed by atoms with E-state index >= 15 is 0 Å². The molecule has 2 aliphatic heterocycles. The molecular weight excluding hydrogens is 391 g/mol. The van der Waals surface area contributed by atoms with E-state index in [2.05, 4.69) is 22.1 Å². The molecule has 2 aliphatic rings. The molecule has 130 valence electrons. The van der Waals surface area contributed by atoms with Crippen LogP contribution in [-0.4, -0.2) is 55.8 Å². The molecule has 0 radical (unpaired) electrons. The number of aliphatic imine (C=N–C) groups is 1. The van der Waals surface area contributed by atoms with Gasteiger partial charge in [-0.25, -0.2) is 0 Å². The van der Waals surface area contributed by atoms with Crippen molar-refractivity contribution in [3.8, 4) is 0 Å². The van der Waals surface area contributed by atoms with Crippen molar-refractivity contribution in [3.05, 3.63) is 0 Å². The summed E-state index contributed by atoms with van der Waals surface area (Å²) in [7, 11) is 0. The molecule has 0 amide bonds. The first-order valence-electron chi connectivity index (χ1n) is 8.69. The predicted octanol–water partition coefficient (Wildman–Crippen LogP) is 2.34. The van der Waals surface area contributed by atoms with E-state index in [9.17, 15) is 0 Å². The zero-order chi connectivity index (χ0) is 14.9. The molecule has 0 spiro atoms. The van der Waals surface area contributed by atoms with Crippen molar-refractivity contribution < 1.29 is 4.74 Å². The average molecular weight is 424 g/mol. The minimum absolute atomic E-state index is 0. The summed E-state index contributed by atoms with van der Waals surface area (Å²) in [5.74, 6) is 0.600. The smallest absolute Gasteiger partial charge is 0.188 e. The second kappa shape index (κ2) is 11.5. The van der Waals surface area contributed by atoms with Gasteiger partial charge in [0.05, 0.1) is 12.6 Å². The number of guanidine groups is 1. The summed E-state index contributed by atoms with van der Waals surface area (Å²) in [5, 5.41) is 3.23. The van der Waals surface area contributed by atoms with Crippen molar-refractivity contribution in [2.75, 3.05) is 32.8 Å². The first-order valence-corrected chi connectivity index (χ1v) is 8.69. The van der Waals surface area contributed by atoms with Gasteiger partial charge in [-0.3, -0.25) is 9.89 Å². The first-order chi connectivity index (χ1) is 10.3. The molecular formula is C16H33IN4O. The van der Waals surface area contributed by atoms with E-state index in [-0.39, 0.29) is 24.0 Å². The van der Waals surface area contributed by atoms with E-state index in [4.69, 9.17) is 10.5 Å². The van der Waals surface area contributed by atoms with E-state index in [0.29, 0.717) is 18.1 Å². The van der Waals surface area contributed by atoms with Crippen molar-refractivity contribution in [1.29, 1.82) is 0 Å². The standard InChI is InChI=1S/C16H32N4O.HI/c1-2-20-11-6-7-14(20)13-19-16(17)18-10-5-9-15-8-3-4-12-21-15;/h14-15H,2-13H2,1H3,(H3,17,18,19);1H. The molecule has 2 saturated heterocycles. The number of likely N-dealkylation sites (tertiary alicyclic amines) is 1. The summed E-state index contributed by atoms with van der Waals surface area (Å²) in [6, 6.07) is 0.589. The van der Waals surface area contributed by atoms with Crippen LogP contribution in [0.2, 0.25) is 0 Å². The van der Waals surface area contributed by atoms with E-state index in [1.165, 1.54) is 38.6 Å². The highest BCUT2D eigenvalue weighted by atomic mass is 127. The van der Waals surface area contributed by atoms with Crippen LogP contribution in [0.4, 0.5) is 0 Å². The molecule has 0 bridgehead atoms. The number of nitrogens with zero attached hydrogens (tertiary/aromatic N) is 2. The quantitative estimate of drug-likeness (QED) is 0.285. The van der Waals surface area contributed by atoms with Crippen LogP contribution >= 0.6 is 24.0 Å². The highest BCUT2D eigenvalue weighted by Gasteiger charge is 2.22. The summed E-state index contributed by atoms with van der Waals surface area (Å²) < 4.78 is 5.73. The highest BCUT2D eigenvalue weighted by Crippen LogP contribution is 2.17. The monoisotopic (exact) mass is 424 g/mol. The Morgan fingerprint density at radius 2 is 2.18 bits per heavy atom. The Balaban J connectivity index is 0.00000242. The van der Waals surface area contributed by atoms with Crippen LogP contribution in [0.15, 0.2) is 4.99 Å². The fourth-order valence-electron chi connectivity index (χ4n) is 3.36. The van der Waals surface area contributed by atoms with Gasteiger partial charge in [-0.05, 0) is 58.0 Å². The molecule has 6 heteroatoms. The van der Waals surface area contributed by atoms with Crippen LogP contribution in [0.1, 0.15) is 51.9 Å². The van der Waals surface area contributed by atoms with Crippen LogP contribution < -0.4 is 11.1 Å². The normalized spacial score (nSPS) is 26.7. The van der Waals surface area contributed by atoms with E-state index in [0.717, 1.165) is 39.1 Å². The number of ether oxygens (including phenoxy) is 1. The lowest BCUT2D eigenvalue weighted by Crippen LogP contribution is -2.36. The number of hydrogen-bond donors (Lipinski definition) is 2. The summed E-state index contributed by atoms with van der Waals surface area (Å²) in [4.78, 5) is 7.00. The third-order valence-electron chi connectivity index (χ3n) is 4.66. The molecule has 2 fully saturated rings. The molecule has 22 heavy (non-hydrogen) atoms. The van der Waals surface area contributed by atoms with Crippen LogP contribution in [0, 0.1) is 0 Å². The molecule has 0 aromatic carbocycles. The van der Waals surface area contributed by atoms with E-state index in [1.807, 2.05) is 0 Å². The molecule has 0 aromatic rings. The fourth-order valence-corrected chi connectivity index (χ4v) is 3.36. The van der Waals surface area contributed by atoms with Gasteiger partial charge in [-0.2, -0.15) is 0 Å². The average Bonchev–Trinajstić information content (AvgIpc) is 2.98. The summed E-state index contributed by atoms with van der Waals surface area (Å²) >= 11 is 0. The Hall–Kier alpha value is -0.0800. The molecule has 2 atom stereocenters. The fraction of sp³-hybridized carbons (Fsp3) is 0.938. The lowest BCUT2D eigenvalue weighted by atomic mass is 10.0. The molecule has 0 aromatic heterocycles. The summed E-state index contributed by atoms with van der Waals surface area (Å²) in [6.45, 7) is 7.23. The van der Waals surface area contributed by atoms with Gasteiger partial charge in [-0.1, -0.05) is 6.92 Å². The second-order valence-corrected chi connectivity index (χ2v) is 6.21. The van der Waals surface area contributed by atoms with Gasteiger partial charge in [0, 0.05) is 19.2 Å². The molecule has 3 N–H and O–H groups in total. The van der Waals surface area contributed by atoms with Crippen LogP contribution in [-0.2, 0) is 4.74 Å². The molecule has 2 unspecified atom stereocenters. The summed E-state index contributed by atoms with van der Waals surface area (Å²) in [6.07, 6.45) is 9.01. The lowest BCUT2D eigenvalue weighted by molar-refractivity contribution is 0.0104. The highest BCUT2D eigenvalue weighted by molar-refractivity contribution is 14.0. The van der Waals surface area contributed by atoms with E-state index in [1.54, 1.807) is 0 Å². The Kier molecular flexibility index (Phi) is 10.4. The van der Waals surface area contributed by atoms with Crippen molar-refractivity contribution in [2.24, 2.45) is 10.7 Å². The van der Waals surface area contributed by atoms with Crippen LogP contribution in [0.5, 0.6) is 0 Å². The maximum atomic E-state index is 5.95. The first kappa shape index (κ1) is 20.0. The molecule has 0 aliphatic carbocycles. The largest absolute Gasteiger partial charge is 0.378 e. The van der Waals surface area contributed by atoms with Crippen molar-refractivity contribution in [2.45, 2.75) is 64.0 Å². The summed E-state index contributed by atoms with van der Waals surface area (Å²) in [5.41, 5.74) is 5.95. The number of likely N-dealkylation sites (N-methyl/N-ethyl adjacent to an activating group) is 1. The minimum Gasteiger partial charge on any atom is -0.378 e. The number of nitrogens with two attached hydrogens (primary N) is 1. The van der Waals surface area contributed by atoms with Crippen LogP contribution in [0.25, 0.3) is 0 Å². The molecule has 2 rings (SSSR count). The Labute approximate surface area is 152 Å². The zero-order valence-electron chi connectivity index (χ0n) is 13.9. The van der Waals surface area contributed by atoms with Crippen molar-refractivity contribution in [1.82, 2.24) is 10.2 Å². The number of halogens is 1. The zero-order valence-corrected chi connectivity index (χ0v) is 16.3. The number of nitrogens with one attached hydrogen (secondary N) is 1. The van der Waals surface area contributed by atoms with Gasteiger partial charge in [0.25, 0.3) is 0 Å². The maximum absolute atomic E-state index is 5.95. The minimum atomic E-state index is 0. The van der Waals surface area contributed by atoms with Crippen molar-refractivity contribution in [3.63, 3.8) is 0 Å². The Morgan fingerprint density at radius 1 is 1.32 bits per heavy atom. The van der Waals surface area contributed by atoms with E-state index < -0.39 is 0 Å². The van der Waals surface area contributed by atoms with Gasteiger partial charge < -0.3 is 15.8 Å². The molecule has 2 heterocycles. The SMILES string of the molecule is CCN1CCCC1CN=C(N)NCCCC1CCCCO1.I. The third-order valence-corrected chi connectivity index (χ3v) is 4.66. The molecule has 0 saturated carbocycles. The maximum Gasteiger partial charge on any atom is 0.188 e. The number of rotatable bonds is 7. The molecule has 5 nitrogen and oxygen atoms in total. The second-order valence-electron chi connectivity index (χ2n) is 6.21. The predicted molar refractivity (Wildman–Crippen MR) is 103 cm³/mol. The number of hydrogen-bond acceptors (Lipinski definition) is 3. The van der Waals surface area contributed by atoms with Gasteiger partial charge in [0.15, 0.2) is 5.96 Å². The third kappa shape index (κ3) is 7.00. The Bertz CT molecular complexity index is 321. The topological polar surface area (TPSA) is 62.9 Å².